The van der Waals surface area contributed by atoms with E-state index in [2.05, 4.69) is 29.5 Å². The monoisotopic (exact) mass is 384 g/mol. The standard InChI is InChI=1S/C23H32N2O3/c1-6-9-16(7-2)21-19-11-10-18(23(27)28-5)14-20(19)25(12-13-26)22(21)17(8-3)15-24-4/h8,10-11,14-16,26H,6-7,9,12-13H2,1-5H3/b17-8+,24-15?. The average Bonchev–Trinajstić information content (AvgIpc) is 3.03. The summed E-state index contributed by atoms with van der Waals surface area (Å²) in [5, 5.41) is 10.9. The SMILES string of the molecule is C/C=C(\C=NC)c1c(C(CC)CCC)c2ccc(C(=O)OC)cc2n1CCO. The fourth-order valence-corrected chi connectivity index (χ4v) is 3.99. The van der Waals surface area contributed by atoms with Crippen molar-refractivity contribution in [1.82, 2.24) is 4.57 Å². The zero-order valence-corrected chi connectivity index (χ0v) is 17.7. The fourth-order valence-electron chi connectivity index (χ4n) is 3.99. The van der Waals surface area contributed by atoms with E-state index in [1.54, 1.807) is 7.05 Å². The quantitative estimate of drug-likeness (QED) is 0.498. The van der Waals surface area contributed by atoms with Crippen molar-refractivity contribution in [1.29, 1.82) is 0 Å². The molecule has 0 amide bonds. The second kappa shape index (κ2) is 10.2. The summed E-state index contributed by atoms with van der Waals surface area (Å²) in [7, 11) is 3.15. The minimum atomic E-state index is -0.358. The molecule has 1 aromatic heterocycles. The van der Waals surface area contributed by atoms with Gasteiger partial charge in [-0.3, -0.25) is 4.99 Å². The van der Waals surface area contributed by atoms with E-state index in [0.29, 0.717) is 18.0 Å². The molecule has 0 fully saturated rings. The number of ether oxygens (including phenoxy) is 1. The van der Waals surface area contributed by atoms with Gasteiger partial charge in [-0.2, -0.15) is 0 Å². The van der Waals surface area contributed by atoms with Crippen LogP contribution in [0, 0.1) is 0 Å². The van der Waals surface area contributed by atoms with Gasteiger partial charge in [-0.25, -0.2) is 4.79 Å². The van der Waals surface area contributed by atoms with Gasteiger partial charge in [0.1, 0.15) is 0 Å². The third-order valence-electron chi connectivity index (χ3n) is 5.24. The highest BCUT2D eigenvalue weighted by Gasteiger charge is 2.25. The van der Waals surface area contributed by atoms with Crippen LogP contribution < -0.4 is 0 Å². The van der Waals surface area contributed by atoms with Gasteiger partial charge < -0.3 is 14.4 Å². The Balaban J connectivity index is 2.93. The summed E-state index contributed by atoms with van der Waals surface area (Å²) in [6.07, 6.45) is 7.13. The number of hydrogen-bond acceptors (Lipinski definition) is 4. The van der Waals surface area contributed by atoms with Crippen molar-refractivity contribution < 1.29 is 14.6 Å². The first-order chi connectivity index (χ1) is 13.6. The second-order valence-corrected chi connectivity index (χ2v) is 6.89. The van der Waals surface area contributed by atoms with Crippen LogP contribution in [0.1, 0.15) is 67.6 Å². The Hall–Kier alpha value is -2.40. The highest BCUT2D eigenvalue weighted by atomic mass is 16.5. The summed E-state index contributed by atoms with van der Waals surface area (Å²) in [6.45, 7) is 6.89. The van der Waals surface area contributed by atoms with E-state index >= 15 is 0 Å². The minimum Gasteiger partial charge on any atom is -0.465 e. The molecule has 0 aliphatic rings. The van der Waals surface area contributed by atoms with Crippen molar-refractivity contribution in [2.45, 2.75) is 52.5 Å². The van der Waals surface area contributed by atoms with Gasteiger partial charge in [0.2, 0.25) is 0 Å². The van der Waals surface area contributed by atoms with Gasteiger partial charge in [0.15, 0.2) is 0 Å². The zero-order valence-electron chi connectivity index (χ0n) is 17.7. The molecule has 28 heavy (non-hydrogen) atoms. The van der Waals surface area contributed by atoms with Crippen LogP contribution in [-0.2, 0) is 11.3 Å². The third-order valence-corrected chi connectivity index (χ3v) is 5.24. The Morgan fingerprint density at radius 3 is 2.64 bits per heavy atom. The van der Waals surface area contributed by atoms with Crippen molar-refractivity contribution in [2.24, 2.45) is 4.99 Å². The summed E-state index contributed by atoms with van der Waals surface area (Å²) < 4.78 is 7.02. The topological polar surface area (TPSA) is 63.8 Å². The number of nitrogens with zero attached hydrogens (tertiary/aromatic N) is 2. The van der Waals surface area contributed by atoms with Gasteiger partial charge >= 0.3 is 5.97 Å². The molecule has 1 N–H and O–H groups in total. The van der Waals surface area contributed by atoms with Gasteiger partial charge in [0, 0.05) is 36.3 Å². The summed E-state index contributed by atoms with van der Waals surface area (Å²) >= 11 is 0. The van der Waals surface area contributed by atoms with Crippen LogP contribution in [-0.4, -0.2) is 42.6 Å². The summed E-state index contributed by atoms with van der Waals surface area (Å²) in [4.78, 5) is 16.3. The number of carbonyl (C=O) groups is 1. The Morgan fingerprint density at radius 1 is 1.36 bits per heavy atom. The van der Waals surface area contributed by atoms with E-state index in [-0.39, 0.29) is 12.6 Å². The molecule has 5 heteroatoms. The number of aliphatic hydroxyl groups is 1. The molecular formula is C23H32N2O3. The molecule has 2 rings (SSSR count). The smallest absolute Gasteiger partial charge is 0.337 e. The highest BCUT2D eigenvalue weighted by molar-refractivity contribution is 6.12. The van der Waals surface area contributed by atoms with E-state index < -0.39 is 0 Å². The molecule has 1 aromatic carbocycles. The molecule has 0 saturated heterocycles. The predicted octanol–water partition coefficient (Wildman–Crippen LogP) is 4.82. The van der Waals surface area contributed by atoms with Crippen molar-refractivity contribution in [3.8, 4) is 0 Å². The lowest BCUT2D eigenvalue weighted by molar-refractivity contribution is 0.0601. The number of aromatic nitrogens is 1. The molecule has 5 nitrogen and oxygen atoms in total. The lowest BCUT2D eigenvalue weighted by atomic mass is 9.88. The maximum atomic E-state index is 12.1. The first-order valence-electron chi connectivity index (χ1n) is 10.0. The van der Waals surface area contributed by atoms with Gasteiger partial charge in [-0.1, -0.05) is 32.4 Å². The van der Waals surface area contributed by atoms with E-state index in [9.17, 15) is 9.90 Å². The third kappa shape index (κ3) is 4.20. The molecule has 1 heterocycles. The van der Waals surface area contributed by atoms with Crippen LogP contribution in [0.5, 0.6) is 0 Å². The summed E-state index contributed by atoms with van der Waals surface area (Å²) in [6, 6.07) is 5.72. The molecule has 1 unspecified atom stereocenters. The van der Waals surface area contributed by atoms with Crippen LogP contribution in [0.2, 0.25) is 0 Å². The van der Waals surface area contributed by atoms with E-state index in [0.717, 1.165) is 41.4 Å². The highest BCUT2D eigenvalue weighted by Crippen LogP contribution is 2.39. The largest absolute Gasteiger partial charge is 0.465 e. The molecule has 0 spiro atoms. The van der Waals surface area contributed by atoms with Crippen LogP contribution in [0.25, 0.3) is 16.5 Å². The van der Waals surface area contributed by atoms with Gasteiger partial charge in [-0.05, 0) is 43.4 Å². The van der Waals surface area contributed by atoms with Crippen LogP contribution in [0.15, 0.2) is 29.3 Å². The molecule has 0 aliphatic heterocycles. The van der Waals surface area contributed by atoms with Gasteiger partial charge in [0.25, 0.3) is 0 Å². The summed E-state index contributed by atoms with van der Waals surface area (Å²) in [5.74, 6) is 0.0374. The Kier molecular flexibility index (Phi) is 8.00. The van der Waals surface area contributed by atoms with Gasteiger partial charge in [-0.15, -0.1) is 0 Å². The number of aliphatic hydroxyl groups excluding tert-OH is 1. The van der Waals surface area contributed by atoms with Crippen molar-refractivity contribution in [3.63, 3.8) is 0 Å². The lowest BCUT2D eigenvalue weighted by Crippen LogP contribution is -2.10. The van der Waals surface area contributed by atoms with E-state index in [4.69, 9.17) is 4.74 Å². The number of aliphatic imine (C=N–C) groups is 1. The molecule has 0 radical (unpaired) electrons. The van der Waals surface area contributed by atoms with Crippen LogP contribution >= 0.6 is 0 Å². The molecule has 0 bridgehead atoms. The predicted molar refractivity (Wildman–Crippen MR) is 116 cm³/mol. The first-order valence-corrected chi connectivity index (χ1v) is 10.0. The number of rotatable bonds is 9. The Morgan fingerprint density at radius 2 is 2.11 bits per heavy atom. The number of fused-ring (bicyclic) bond motifs is 1. The van der Waals surface area contributed by atoms with Crippen molar-refractivity contribution in [3.05, 3.63) is 41.1 Å². The molecule has 1 atom stereocenters. The van der Waals surface area contributed by atoms with E-state index in [1.165, 1.54) is 12.7 Å². The normalized spacial score (nSPS) is 13.4. The molecule has 0 aliphatic carbocycles. The average molecular weight is 385 g/mol. The molecule has 2 aromatic rings. The Bertz CT molecular complexity index is 878. The zero-order chi connectivity index (χ0) is 20.7. The Labute approximate surface area is 167 Å². The molecule has 0 saturated carbocycles. The van der Waals surface area contributed by atoms with Crippen molar-refractivity contribution in [2.75, 3.05) is 20.8 Å². The van der Waals surface area contributed by atoms with Crippen molar-refractivity contribution >= 4 is 28.7 Å². The lowest BCUT2D eigenvalue weighted by Gasteiger charge is -2.18. The maximum Gasteiger partial charge on any atom is 0.337 e. The number of hydrogen-bond donors (Lipinski definition) is 1. The minimum absolute atomic E-state index is 0.0174. The molecular weight excluding hydrogens is 352 g/mol. The van der Waals surface area contributed by atoms with Crippen LogP contribution in [0.3, 0.4) is 0 Å². The number of benzene rings is 1. The summed E-state index contributed by atoms with van der Waals surface area (Å²) in [5.41, 5.74) is 4.84. The van der Waals surface area contributed by atoms with Gasteiger partial charge in [0.05, 0.1) is 25.0 Å². The van der Waals surface area contributed by atoms with Crippen LogP contribution in [0.4, 0.5) is 0 Å². The second-order valence-electron chi connectivity index (χ2n) is 6.89. The van der Waals surface area contributed by atoms with E-state index in [1.807, 2.05) is 31.3 Å². The maximum absolute atomic E-state index is 12.1. The first kappa shape index (κ1) is 21.9. The fraction of sp³-hybridized carbons (Fsp3) is 0.478. The number of carbonyl (C=O) groups excluding carboxylic acids is 1. The number of methoxy groups -OCH3 is 1. The number of allylic oxidation sites excluding steroid dienone is 2. The molecule has 152 valence electrons. The number of esters is 1.